The summed E-state index contributed by atoms with van der Waals surface area (Å²) in [5.74, 6) is 0.00854. The first-order valence-corrected chi connectivity index (χ1v) is 12.9. The monoisotopic (exact) mass is 460 g/mol. The van der Waals surface area contributed by atoms with Crippen molar-refractivity contribution in [3.63, 3.8) is 0 Å². The van der Waals surface area contributed by atoms with Crippen molar-refractivity contribution in [2.24, 2.45) is 0 Å². The van der Waals surface area contributed by atoms with E-state index in [1.807, 2.05) is 54.4 Å². The minimum Gasteiger partial charge on any atom is -0.376 e. The van der Waals surface area contributed by atoms with Gasteiger partial charge in [-0.2, -0.15) is 0 Å². The smallest absolute Gasteiger partial charge is 0.242 e. The number of hydrogen-bond acceptors (Lipinski definition) is 5. The molecule has 2 aromatic carbocycles. The van der Waals surface area contributed by atoms with Gasteiger partial charge < -0.3 is 15.1 Å². The first-order valence-electron chi connectivity index (χ1n) is 11.0. The summed E-state index contributed by atoms with van der Waals surface area (Å²) >= 11 is 0. The lowest BCUT2D eigenvalue weighted by atomic mass is 10.0. The van der Waals surface area contributed by atoms with Gasteiger partial charge in [0.2, 0.25) is 15.9 Å². The lowest BCUT2D eigenvalue weighted by molar-refractivity contribution is -0.130. The van der Waals surface area contributed by atoms with Crippen LogP contribution in [0.5, 0.6) is 0 Å². The number of nitrogens with one attached hydrogen (secondary N) is 2. The lowest BCUT2D eigenvalue weighted by Gasteiger charge is -2.33. The molecule has 7 nitrogen and oxygen atoms in total. The Hall–Kier alpha value is -2.42. The molecule has 0 aliphatic heterocycles. The predicted molar refractivity (Wildman–Crippen MR) is 131 cm³/mol. The molecule has 8 heteroatoms. The van der Waals surface area contributed by atoms with Crippen molar-refractivity contribution in [3.05, 3.63) is 65.7 Å². The van der Waals surface area contributed by atoms with E-state index in [0.29, 0.717) is 0 Å². The fraction of sp³-hybridized carbons (Fsp3) is 0.458. The molecule has 0 bridgehead atoms. The largest absolute Gasteiger partial charge is 0.376 e. The van der Waals surface area contributed by atoms with Gasteiger partial charge in [0, 0.05) is 25.8 Å². The zero-order valence-corrected chi connectivity index (χ0v) is 20.4. The van der Waals surface area contributed by atoms with E-state index in [1.54, 1.807) is 0 Å². The third-order valence-corrected chi connectivity index (χ3v) is 6.07. The van der Waals surface area contributed by atoms with Gasteiger partial charge in [-0.05, 0) is 42.8 Å². The fourth-order valence-corrected chi connectivity index (χ4v) is 3.93. The lowest BCUT2D eigenvalue weighted by Crippen LogP contribution is -2.41. The minimum absolute atomic E-state index is 0.00854. The number of rotatable bonds is 13. The van der Waals surface area contributed by atoms with E-state index < -0.39 is 10.0 Å². The Morgan fingerprint density at radius 3 is 2.25 bits per heavy atom. The van der Waals surface area contributed by atoms with Crippen molar-refractivity contribution in [1.29, 1.82) is 0 Å². The summed E-state index contributed by atoms with van der Waals surface area (Å²) in [4.78, 5) is 17.2. The summed E-state index contributed by atoms with van der Waals surface area (Å²) in [6.07, 6.45) is 2.21. The van der Waals surface area contributed by atoms with Gasteiger partial charge in [-0.1, -0.05) is 56.3 Å². The number of carbonyl (C=O) groups excluding carboxylic acids is 1. The molecule has 0 saturated heterocycles. The van der Waals surface area contributed by atoms with Crippen molar-refractivity contribution in [2.75, 3.05) is 44.8 Å². The molecule has 2 aromatic rings. The van der Waals surface area contributed by atoms with Gasteiger partial charge in [0.05, 0.1) is 18.8 Å². The summed E-state index contributed by atoms with van der Waals surface area (Å²) in [5.41, 5.74) is 2.79. The van der Waals surface area contributed by atoms with Crippen LogP contribution < -0.4 is 10.0 Å². The maximum Gasteiger partial charge on any atom is 0.242 e. The SMILES string of the molecule is CCCN(CC)CC(c1ccccc1)N(C)C(=O)CNc1ccc(CNS(C)(=O)=O)cc1. The molecule has 0 saturated carbocycles. The Balaban J connectivity index is 2.01. The highest BCUT2D eigenvalue weighted by Crippen LogP contribution is 2.21. The summed E-state index contributed by atoms with van der Waals surface area (Å²) < 4.78 is 24.9. The number of nitrogens with zero attached hydrogens (tertiary/aromatic N) is 2. The van der Waals surface area contributed by atoms with E-state index >= 15 is 0 Å². The number of carbonyl (C=O) groups is 1. The average Bonchev–Trinajstić information content (AvgIpc) is 2.79. The van der Waals surface area contributed by atoms with Gasteiger partial charge in [-0.3, -0.25) is 4.79 Å². The van der Waals surface area contributed by atoms with E-state index in [9.17, 15) is 13.2 Å². The van der Waals surface area contributed by atoms with Crippen LogP contribution in [-0.2, 0) is 21.4 Å². The van der Waals surface area contributed by atoms with Crippen molar-refractivity contribution in [1.82, 2.24) is 14.5 Å². The molecule has 1 unspecified atom stereocenters. The van der Waals surface area contributed by atoms with Crippen LogP contribution in [0.2, 0.25) is 0 Å². The second-order valence-electron chi connectivity index (χ2n) is 7.97. The average molecular weight is 461 g/mol. The molecule has 0 spiro atoms. The van der Waals surface area contributed by atoms with Crippen molar-refractivity contribution >= 4 is 21.6 Å². The highest BCUT2D eigenvalue weighted by molar-refractivity contribution is 7.88. The Morgan fingerprint density at radius 1 is 1.03 bits per heavy atom. The van der Waals surface area contributed by atoms with Crippen molar-refractivity contribution < 1.29 is 13.2 Å². The second kappa shape index (κ2) is 12.6. The Morgan fingerprint density at radius 2 is 1.69 bits per heavy atom. The van der Waals surface area contributed by atoms with Gasteiger partial charge in [-0.25, -0.2) is 13.1 Å². The highest BCUT2D eigenvalue weighted by atomic mass is 32.2. The Kier molecular flexibility index (Phi) is 10.2. The first kappa shape index (κ1) is 25.8. The first-order chi connectivity index (χ1) is 15.2. The zero-order chi connectivity index (χ0) is 23.6. The number of likely N-dealkylation sites (N-methyl/N-ethyl adjacent to an activating group) is 2. The van der Waals surface area contributed by atoms with Crippen LogP contribution in [0.4, 0.5) is 5.69 Å². The topological polar surface area (TPSA) is 81.8 Å². The van der Waals surface area contributed by atoms with Gasteiger partial charge in [0.15, 0.2) is 0 Å². The summed E-state index contributed by atoms with van der Waals surface area (Å²) in [7, 11) is -1.37. The van der Waals surface area contributed by atoms with Gasteiger partial charge in [-0.15, -0.1) is 0 Å². The van der Waals surface area contributed by atoms with Gasteiger partial charge in [0.25, 0.3) is 0 Å². The summed E-state index contributed by atoms with van der Waals surface area (Å²) in [5, 5.41) is 3.18. The van der Waals surface area contributed by atoms with Crippen LogP contribution in [0.15, 0.2) is 54.6 Å². The standard InChI is InChI=1S/C24H36N4O3S/c1-5-16-28(6-2)19-23(21-10-8-7-9-11-21)27(3)24(29)18-25-22-14-12-20(13-15-22)17-26-32(4,30)31/h7-15,23,25-26H,5-6,16-19H2,1-4H3. The molecule has 32 heavy (non-hydrogen) atoms. The third kappa shape index (κ3) is 8.61. The number of anilines is 1. The van der Waals surface area contributed by atoms with E-state index in [1.165, 1.54) is 0 Å². The molecule has 2 rings (SSSR count). The summed E-state index contributed by atoms with van der Waals surface area (Å²) in [6.45, 7) is 7.47. The van der Waals surface area contributed by atoms with Crippen LogP contribution in [-0.4, -0.2) is 63.6 Å². The molecule has 2 N–H and O–H groups in total. The molecule has 0 aliphatic carbocycles. The molecule has 0 aliphatic rings. The number of benzene rings is 2. The van der Waals surface area contributed by atoms with Gasteiger partial charge >= 0.3 is 0 Å². The molecule has 0 heterocycles. The number of hydrogen-bond donors (Lipinski definition) is 2. The van der Waals surface area contributed by atoms with Gasteiger partial charge in [0.1, 0.15) is 0 Å². The van der Waals surface area contributed by atoms with Crippen LogP contribution in [0.3, 0.4) is 0 Å². The van der Waals surface area contributed by atoms with Crippen LogP contribution >= 0.6 is 0 Å². The maximum atomic E-state index is 13.0. The Labute approximate surface area is 192 Å². The van der Waals surface area contributed by atoms with E-state index in [-0.39, 0.29) is 25.0 Å². The fourth-order valence-electron chi connectivity index (χ4n) is 3.50. The molecule has 1 atom stereocenters. The quantitative estimate of drug-likeness (QED) is 0.480. The van der Waals surface area contributed by atoms with E-state index in [2.05, 4.69) is 40.9 Å². The molecule has 176 valence electrons. The molecule has 1 amide bonds. The minimum atomic E-state index is -3.23. The number of sulfonamides is 1. The molecule has 0 aromatic heterocycles. The summed E-state index contributed by atoms with van der Waals surface area (Å²) in [6, 6.07) is 17.5. The van der Waals surface area contributed by atoms with Crippen molar-refractivity contribution in [3.8, 4) is 0 Å². The molecule has 0 radical (unpaired) electrons. The van der Waals surface area contributed by atoms with E-state index in [4.69, 9.17) is 0 Å². The highest BCUT2D eigenvalue weighted by Gasteiger charge is 2.23. The van der Waals surface area contributed by atoms with Crippen LogP contribution in [0, 0.1) is 0 Å². The molecule has 0 fully saturated rings. The zero-order valence-electron chi connectivity index (χ0n) is 19.5. The number of amides is 1. The molecular formula is C24H36N4O3S. The Bertz CT molecular complexity index is 933. The normalized spacial score (nSPS) is 12.5. The van der Waals surface area contributed by atoms with Crippen molar-refractivity contribution in [2.45, 2.75) is 32.9 Å². The second-order valence-corrected chi connectivity index (χ2v) is 9.80. The van der Waals surface area contributed by atoms with Crippen LogP contribution in [0.1, 0.15) is 37.4 Å². The maximum absolute atomic E-state index is 13.0. The van der Waals surface area contributed by atoms with E-state index in [0.717, 1.165) is 49.1 Å². The van der Waals surface area contributed by atoms with Crippen LogP contribution in [0.25, 0.3) is 0 Å². The predicted octanol–water partition coefficient (Wildman–Crippen LogP) is 3.08. The molecular weight excluding hydrogens is 424 g/mol. The third-order valence-electron chi connectivity index (χ3n) is 5.40.